The van der Waals surface area contributed by atoms with Crippen LogP contribution in [0.4, 0.5) is 0 Å². The largest absolute Gasteiger partial charge is 0.467 e. The molecule has 0 saturated carbocycles. The number of pyridine rings is 1. The van der Waals surface area contributed by atoms with Gasteiger partial charge in [-0.15, -0.1) is 15.3 Å². The Balaban J connectivity index is 1.64. The molecule has 0 spiro atoms. The van der Waals surface area contributed by atoms with Crippen LogP contribution >= 0.6 is 11.3 Å². The smallest absolute Gasteiger partial charge is 0.333 e. The van der Waals surface area contributed by atoms with E-state index < -0.39 is 17.4 Å². The lowest BCUT2D eigenvalue weighted by molar-refractivity contribution is -0.150. The van der Waals surface area contributed by atoms with Crippen molar-refractivity contribution in [3.05, 3.63) is 41.4 Å². The van der Waals surface area contributed by atoms with Gasteiger partial charge in [0, 0.05) is 18.0 Å². The van der Waals surface area contributed by atoms with Crippen LogP contribution in [-0.2, 0) is 21.6 Å². The van der Waals surface area contributed by atoms with E-state index >= 15 is 0 Å². The summed E-state index contributed by atoms with van der Waals surface area (Å²) in [6.07, 6.45) is 4.75. The van der Waals surface area contributed by atoms with Gasteiger partial charge in [-0.3, -0.25) is 9.78 Å². The molecule has 3 aromatic rings. The number of esters is 1. The molecule has 0 aliphatic carbocycles. The molecule has 0 fully saturated rings. The fourth-order valence-electron chi connectivity index (χ4n) is 2.17. The van der Waals surface area contributed by atoms with Crippen LogP contribution in [0.25, 0.3) is 10.6 Å². The molecule has 27 heavy (non-hydrogen) atoms. The number of methoxy groups -OCH3 is 1. The zero-order chi connectivity index (χ0) is 19.4. The fraction of sp³-hybridized carbons (Fsp3) is 0.312. The maximum absolute atomic E-state index is 12.3. The summed E-state index contributed by atoms with van der Waals surface area (Å²) in [5.41, 5.74) is -0.0715. The highest BCUT2D eigenvalue weighted by molar-refractivity contribution is 7.14. The summed E-state index contributed by atoms with van der Waals surface area (Å²) >= 11 is 1.37. The van der Waals surface area contributed by atoms with Crippen LogP contribution in [-0.4, -0.2) is 49.2 Å². The van der Waals surface area contributed by atoms with E-state index in [1.807, 2.05) is 12.1 Å². The van der Waals surface area contributed by atoms with Crippen LogP contribution in [0.2, 0.25) is 0 Å². The average Bonchev–Trinajstić information content (AvgIpc) is 3.36. The lowest BCUT2D eigenvalue weighted by atomic mass is 10.1. The van der Waals surface area contributed by atoms with E-state index in [4.69, 9.17) is 4.74 Å². The topological polar surface area (TPSA) is 125 Å². The first kappa shape index (κ1) is 18.6. The van der Waals surface area contributed by atoms with Gasteiger partial charge in [-0.1, -0.05) is 16.6 Å². The SMILES string of the molecule is COC(=O)C(C)(C)n1cc(C(=O)NCc2nnc(-c3ccncc3)s2)nn1. The van der Waals surface area contributed by atoms with Gasteiger partial charge in [0.1, 0.15) is 10.0 Å². The Morgan fingerprint density at radius 2 is 1.96 bits per heavy atom. The highest BCUT2D eigenvalue weighted by Gasteiger charge is 2.33. The molecule has 0 aliphatic heterocycles. The number of hydrogen-bond acceptors (Lipinski definition) is 9. The molecule has 11 heteroatoms. The summed E-state index contributed by atoms with van der Waals surface area (Å²) in [4.78, 5) is 28.1. The molecule has 3 aromatic heterocycles. The second-order valence-electron chi connectivity index (χ2n) is 6.02. The van der Waals surface area contributed by atoms with E-state index in [0.29, 0.717) is 5.01 Å². The van der Waals surface area contributed by atoms with E-state index in [1.165, 1.54) is 29.3 Å². The van der Waals surface area contributed by atoms with Gasteiger partial charge < -0.3 is 10.1 Å². The molecule has 0 unspecified atom stereocenters. The van der Waals surface area contributed by atoms with Gasteiger partial charge in [0.05, 0.1) is 19.9 Å². The van der Waals surface area contributed by atoms with Crippen LogP contribution in [0.15, 0.2) is 30.7 Å². The molecule has 10 nitrogen and oxygen atoms in total. The molecule has 1 amide bonds. The highest BCUT2D eigenvalue weighted by atomic mass is 32.1. The molecule has 140 valence electrons. The first-order chi connectivity index (χ1) is 12.9. The second-order valence-corrected chi connectivity index (χ2v) is 7.08. The number of aromatic nitrogens is 6. The van der Waals surface area contributed by atoms with Gasteiger partial charge in [-0.25, -0.2) is 9.48 Å². The van der Waals surface area contributed by atoms with Crippen molar-refractivity contribution in [1.29, 1.82) is 0 Å². The van der Waals surface area contributed by atoms with Crippen LogP contribution < -0.4 is 5.32 Å². The van der Waals surface area contributed by atoms with Crippen molar-refractivity contribution in [1.82, 2.24) is 35.5 Å². The van der Waals surface area contributed by atoms with Crippen molar-refractivity contribution in [2.24, 2.45) is 0 Å². The molecule has 0 saturated heterocycles. The highest BCUT2D eigenvalue weighted by Crippen LogP contribution is 2.22. The predicted molar refractivity (Wildman–Crippen MR) is 95.7 cm³/mol. The van der Waals surface area contributed by atoms with E-state index in [-0.39, 0.29) is 12.2 Å². The number of ether oxygens (including phenoxy) is 1. The lowest BCUT2D eigenvalue weighted by Gasteiger charge is -2.20. The van der Waals surface area contributed by atoms with E-state index in [2.05, 4.69) is 30.8 Å². The van der Waals surface area contributed by atoms with Crippen molar-refractivity contribution in [2.75, 3.05) is 7.11 Å². The Labute approximate surface area is 158 Å². The van der Waals surface area contributed by atoms with Crippen molar-refractivity contribution in [3.8, 4) is 10.6 Å². The normalized spacial score (nSPS) is 11.2. The maximum atomic E-state index is 12.3. The van der Waals surface area contributed by atoms with E-state index in [9.17, 15) is 9.59 Å². The Kier molecular flexibility index (Phi) is 5.21. The Morgan fingerprint density at radius 1 is 1.22 bits per heavy atom. The first-order valence-corrected chi connectivity index (χ1v) is 8.75. The Hall–Kier alpha value is -3.21. The number of hydrogen-bond donors (Lipinski definition) is 1. The van der Waals surface area contributed by atoms with Crippen LogP contribution in [0, 0.1) is 0 Å². The van der Waals surface area contributed by atoms with Gasteiger partial charge in [0.25, 0.3) is 5.91 Å². The predicted octanol–water partition coefficient (Wildman–Crippen LogP) is 1.03. The number of nitrogens with one attached hydrogen (secondary N) is 1. The summed E-state index contributed by atoms with van der Waals surface area (Å²) in [5.74, 6) is -0.917. The molecule has 3 rings (SSSR count). The minimum atomic E-state index is -1.07. The molecular formula is C16H17N7O3S. The zero-order valence-corrected chi connectivity index (χ0v) is 15.7. The molecule has 0 bridgehead atoms. The van der Waals surface area contributed by atoms with Gasteiger partial charge in [0.2, 0.25) is 0 Å². The number of nitrogens with zero attached hydrogens (tertiary/aromatic N) is 6. The summed E-state index contributed by atoms with van der Waals surface area (Å²) in [5, 5.41) is 20.0. The van der Waals surface area contributed by atoms with Crippen molar-refractivity contribution in [3.63, 3.8) is 0 Å². The van der Waals surface area contributed by atoms with Gasteiger partial charge in [0.15, 0.2) is 11.2 Å². The first-order valence-electron chi connectivity index (χ1n) is 7.94. The Bertz CT molecular complexity index is 952. The third-order valence-corrected chi connectivity index (χ3v) is 4.75. The summed E-state index contributed by atoms with van der Waals surface area (Å²) < 4.78 is 6.03. The monoisotopic (exact) mass is 387 g/mol. The molecule has 0 atom stereocenters. The Morgan fingerprint density at radius 3 is 2.67 bits per heavy atom. The minimum absolute atomic E-state index is 0.0888. The van der Waals surface area contributed by atoms with Gasteiger partial charge >= 0.3 is 5.97 Å². The standard InChI is InChI=1S/C16H17N7O3S/c1-16(2,15(25)26-3)23-9-11(19-22-23)13(24)18-8-12-20-21-14(27-12)10-4-6-17-7-5-10/h4-7,9H,8H2,1-3H3,(H,18,24). The minimum Gasteiger partial charge on any atom is -0.467 e. The van der Waals surface area contributed by atoms with Crippen LogP contribution in [0.3, 0.4) is 0 Å². The molecular weight excluding hydrogens is 370 g/mol. The van der Waals surface area contributed by atoms with Crippen molar-refractivity contribution >= 4 is 23.2 Å². The maximum Gasteiger partial charge on any atom is 0.333 e. The van der Waals surface area contributed by atoms with Crippen LogP contribution in [0.1, 0.15) is 29.3 Å². The molecule has 3 heterocycles. The molecule has 1 N–H and O–H groups in total. The third-order valence-electron chi connectivity index (χ3n) is 3.78. The number of carbonyl (C=O) groups excluding carboxylic acids is 2. The molecule has 0 radical (unpaired) electrons. The van der Waals surface area contributed by atoms with Gasteiger partial charge in [-0.05, 0) is 26.0 Å². The number of carbonyl (C=O) groups is 2. The van der Waals surface area contributed by atoms with E-state index in [1.54, 1.807) is 26.2 Å². The number of amides is 1. The van der Waals surface area contributed by atoms with Crippen molar-refractivity contribution < 1.29 is 14.3 Å². The summed E-state index contributed by atoms with van der Waals surface area (Å²) in [6, 6.07) is 3.68. The molecule has 0 aliphatic rings. The zero-order valence-electron chi connectivity index (χ0n) is 14.9. The average molecular weight is 387 g/mol. The van der Waals surface area contributed by atoms with Crippen LogP contribution in [0.5, 0.6) is 0 Å². The van der Waals surface area contributed by atoms with Crippen molar-refractivity contribution in [2.45, 2.75) is 25.9 Å². The third kappa shape index (κ3) is 3.97. The van der Waals surface area contributed by atoms with Gasteiger partial charge in [-0.2, -0.15) is 0 Å². The summed E-state index contributed by atoms with van der Waals surface area (Å²) in [7, 11) is 1.29. The number of rotatable bonds is 6. The second kappa shape index (κ2) is 7.58. The van der Waals surface area contributed by atoms with E-state index in [0.717, 1.165) is 10.6 Å². The molecule has 0 aromatic carbocycles. The quantitative estimate of drug-likeness (QED) is 0.622. The summed E-state index contributed by atoms with van der Waals surface area (Å²) in [6.45, 7) is 3.45. The lowest BCUT2D eigenvalue weighted by Crippen LogP contribution is -2.37. The fourth-order valence-corrected chi connectivity index (χ4v) is 2.95.